The summed E-state index contributed by atoms with van der Waals surface area (Å²) < 4.78 is 12.2. The third-order valence-corrected chi connectivity index (χ3v) is 4.13. The molecule has 0 bridgehead atoms. The van der Waals surface area contributed by atoms with Gasteiger partial charge in [0.05, 0.1) is 5.92 Å². The molecule has 1 fully saturated rings. The van der Waals surface area contributed by atoms with Crippen LogP contribution in [0.1, 0.15) is 6.42 Å². The molecule has 0 radical (unpaired) electrons. The van der Waals surface area contributed by atoms with E-state index in [0.717, 1.165) is 0 Å². The van der Waals surface area contributed by atoms with Crippen molar-refractivity contribution in [3.63, 3.8) is 0 Å². The van der Waals surface area contributed by atoms with Crippen LogP contribution < -0.4 is 19.7 Å². The minimum Gasteiger partial charge on any atom is -0.454 e. The summed E-state index contributed by atoms with van der Waals surface area (Å²) in [6.07, 6.45) is 1.92. The molecule has 0 spiro atoms. The fraction of sp³-hybridized carbons (Fsp3) is 0.312. The number of benzene rings is 1. The Morgan fingerprint density at radius 1 is 1.29 bits per heavy atom. The van der Waals surface area contributed by atoms with E-state index in [0.29, 0.717) is 29.5 Å². The number of ether oxygens (including phenoxy) is 2. The van der Waals surface area contributed by atoms with Crippen LogP contribution >= 0.6 is 0 Å². The molecule has 2 aliphatic heterocycles. The van der Waals surface area contributed by atoms with Crippen molar-refractivity contribution in [3.8, 4) is 11.5 Å². The number of hydrogen-bond donors (Lipinski definition) is 1. The van der Waals surface area contributed by atoms with Gasteiger partial charge in [-0.05, 0) is 12.1 Å². The highest BCUT2D eigenvalue weighted by molar-refractivity contribution is 6.03. The van der Waals surface area contributed by atoms with E-state index < -0.39 is 5.92 Å². The Balaban J connectivity index is 1.47. The molecule has 0 unspecified atom stereocenters. The summed E-state index contributed by atoms with van der Waals surface area (Å²) in [6.45, 7) is 0.513. The Morgan fingerprint density at radius 3 is 2.92 bits per heavy atom. The molecule has 124 valence electrons. The molecule has 8 nitrogen and oxygen atoms in total. The van der Waals surface area contributed by atoms with Gasteiger partial charge in [-0.1, -0.05) is 0 Å². The number of nitrogens with one attached hydrogen (secondary N) is 1. The van der Waals surface area contributed by atoms with Crippen molar-refractivity contribution in [3.05, 3.63) is 30.5 Å². The van der Waals surface area contributed by atoms with Crippen molar-refractivity contribution >= 4 is 23.3 Å². The van der Waals surface area contributed by atoms with Crippen LogP contribution in [0.3, 0.4) is 0 Å². The van der Waals surface area contributed by atoms with E-state index in [2.05, 4.69) is 10.4 Å². The highest BCUT2D eigenvalue weighted by atomic mass is 16.7. The second-order valence-corrected chi connectivity index (χ2v) is 5.81. The number of aromatic nitrogens is 2. The van der Waals surface area contributed by atoms with Gasteiger partial charge in [-0.3, -0.25) is 14.3 Å². The van der Waals surface area contributed by atoms with Gasteiger partial charge in [-0.15, -0.1) is 0 Å². The average Bonchev–Trinajstić information content (AvgIpc) is 3.26. The first-order valence-corrected chi connectivity index (χ1v) is 7.61. The molecule has 1 aromatic carbocycles. The lowest BCUT2D eigenvalue weighted by Crippen LogP contribution is -2.28. The fourth-order valence-electron chi connectivity index (χ4n) is 2.90. The molecule has 1 saturated heterocycles. The first kappa shape index (κ1) is 14.6. The molecule has 4 rings (SSSR count). The van der Waals surface area contributed by atoms with Gasteiger partial charge in [0, 0.05) is 44.0 Å². The Labute approximate surface area is 137 Å². The zero-order chi connectivity index (χ0) is 16.7. The van der Waals surface area contributed by atoms with E-state index in [1.54, 1.807) is 47.1 Å². The number of anilines is 2. The van der Waals surface area contributed by atoms with E-state index in [1.165, 1.54) is 0 Å². The largest absolute Gasteiger partial charge is 0.454 e. The van der Waals surface area contributed by atoms with Crippen molar-refractivity contribution < 1.29 is 19.1 Å². The van der Waals surface area contributed by atoms with E-state index in [4.69, 9.17) is 9.47 Å². The topological polar surface area (TPSA) is 85.7 Å². The molecular formula is C16H16N4O4. The van der Waals surface area contributed by atoms with Gasteiger partial charge in [0.25, 0.3) is 0 Å². The van der Waals surface area contributed by atoms with Crippen LogP contribution in [0.4, 0.5) is 11.5 Å². The molecular weight excluding hydrogens is 312 g/mol. The van der Waals surface area contributed by atoms with E-state index >= 15 is 0 Å². The number of hydrogen-bond acceptors (Lipinski definition) is 5. The van der Waals surface area contributed by atoms with Gasteiger partial charge in [0.1, 0.15) is 0 Å². The molecule has 2 aliphatic rings. The summed E-state index contributed by atoms with van der Waals surface area (Å²) in [7, 11) is 1.77. The molecule has 1 N–H and O–H groups in total. The molecule has 0 aliphatic carbocycles. The monoisotopic (exact) mass is 328 g/mol. The summed E-state index contributed by atoms with van der Waals surface area (Å²) in [5.74, 6) is 1.05. The lowest BCUT2D eigenvalue weighted by Gasteiger charge is -2.17. The quantitative estimate of drug-likeness (QED) is 0.913. The van der Waals surface area contributed by atoms with E-state index in [9.17, 15) is 9.59 Å². The average molecular weight is 328 g/mol. The van der Waals surface area contributed by atoms with Crippen LogP contribution in [0.5, 0.6) is 11.5 Å². The molecule has 1 atom stereocenters. The Bertz CT molecular complexity index is 816. The fourth-order valence-corrected chi connectivity index (χ4v) is 2.90. The zero-order valence-corrected chi connectivity index (χ0v) is 13.1. The lowest BCUT2D eigenvalue weighted by atomic mass is 10.1. The molecule has 0 saturated carbocycles. The summed E-state index contributed by atoms with van der Waals surface area (Å²) in [5, 5.41) is 6.86. The van der Waals surface area contributed by atoms with Crippen LogP contribution in [0, 0.1) is 5.92 Å². The third-order valence-electron chi connectivity index (χ3n) is 4.13. The Kier molecular flexibility index (Phi) is 3.37. The van der Waals surface area contributed by atoms with Crippen molar-refractivity contribution in [2.24, 2.45) is 13.0 Å². The first-order chi connectivity index (χ1) is 11.6. The number of fused-ring (bicyclic) bond motifs is 1. The zero-order valence-electron chi connectivity index (χ0n) is 13.1. The molecule has 2 aromatic rings. The highest BCUT2D eigenvalue weighted by Gasteiger charge is 2.35. The molecule has 1 aromatic heterocycles. The predicted molar refractivity (Wildman–Crippen MR) is 84.9 cm³/mol. The lowest BCUT2D eigenvalue weighted by molar-refractivity contribution is -0.122. The number of carbonyl (C=O) groups excluding carboxylic acids is 2. The van der Waals surface area contributed by atoms with Crippen LogP contribution in [-0.2, 0) is 16.6 Å². The molecule has 8 heteroatoms. The first-order valence-electron chi connectivity index (χ1n) is 7.61. The van der Waals surface area contributed by atoms with Gasteiger partial charge in [0.15, 0.2) is 17.3 Å². The van der Waals surface area contributed by atoms with E-state index in [-0.39, 0.29) is 25.0 Å². The number of amides is 2. The molecule has 2 amide bonds. The number of carbonyl (C=O) groups is 2. The maximum atomic E-state index is 12.3. The van der Waals surface area contributed by atoms with Crippen LogP contribution in [0.25, 0.3) is 0 Å². The second kappa shape index (κ2) is 5.55. The van der Waals surface area contributed by atoms with Gasteiger partial charge >= 0.3 is 0 Å². The van der Waals surface area contributed by atoms with Crippen molar-refractivity contribution in [1.29, 1.82) is 0 Å². The van der Waals surface area contributed by atoms with Gasteiger partial charge in [0.2, 0.25) is 18.6 Å². The standard InChI is InChI=1S/C16H16N4O4/c1-19-5-4-14(18-19)17-16(22)10-6-15(21)20(8-10)11-2-3-12-13(7-11)24-9-23-12/h2-5,7,10H,6,8-9H2,1H3,(H,17,18,22)/t10-/m1/s1. The summed E-state index contributed by atoms with van der Waals surface area (Å²) in [6, 6.07) is 7.04. The Hall–Kier alpha value is -3.03. The maximum Gasteiger partial charge on any atom is 0.231 e. The minimum atomic E-state index is -0.412. The van der Waals surface area contributed by atoms with Crippen LogP contribution in [0.15, 0.2) is 30.5 Å². The summed E-state index contributed by atoms with van der Waals surface area (Å²) in [4.78, 5) is 26.3. The SMILES string of the molecule is Cn1ccc(NC(=O)[C@@H]2CC(=O)N(c3ccc4c(c3)OCO4)C2)n1. The third kappa shape index (κ3) is 2.55. The predicted octanol–water partition coefficient (Wildman–Crippen LogP) is 1.14. The van der Waals surface area contributed by atoms with Gasteiger partial charge in [-0.2, -0.15) is 5.10 Å². The van der Waals surface area contributed by atoms with Crippen molar-refractivity contribution in [2.45, 2.75) is 6.42 Å². The minimum absolute atomic E-state index is 0.0879. The van der Waals surface area contributed by atoms with Crippen LogP contribution in [0.2, 0.25) is 0 Å². The van der Waals surface area contributed by atoms with Crippen LogP contribution in [-0.4, -0.2) is 34.9 Å². The summed E-state index contributed by atoms with van der Waals surface area (Å²) in [5.41, 5.74) is 0.706. The number of aryl methyl sites for hydroxylation is 1. The van der Waals surface area contributed by atoms with E-state index in [1.807, 2.05) is 0 Å². The molecule has 3 heterocycles. The number of nitrogens with zero attached hydrogens (tertiary/aromatic N) is 3. The normalized spacial score (nSPS) is 19.0. The number of rotatable bonds is 3. The summed E-state index contributed by atoms with van der Waals surface area (Å²) >= 11 is 0. The highest BCUT2D eigenvalue weighted by Crippen LogP contribution is 2.37. The molecule has 24 heavy (non-hydrogen) atoms. The van der Waals surface area contributed by atoms with Crippen molar-refractivity contribution in [1.82, 2.24) is 9.78 Å². The van der Waals surface area contributed by atoms with Gasteiger partial charge < -0.3 is 19.7 Å². The maximum absolute atomic E-state index is 12.3. The van der Waals surface area contributed by atoms with Gasteiger partial charge in [-0.25, -0.2) is 0 Å². The second-order valence-electron chi connectivity index (χ2n) is 5.81. The smallest absolute Gasteiger partial charge is 0.231 e. The van der Waals surface area contributed by atoms with Crippen molar-refractivity contribution in [2.75, 3.05) is 23.6 Å². The Morgan fingerprint density at radius 2 is 2.12 bits per heavy atom.